The van der Waals surface area contributed by atoms with Crippen LogP contribution in [0.5, 0.6) is 0 Å². The Morgan fingerprint density at radius 1 is 1.19 bits per heavy atom. The molecule has 1 atom stereocenters. The molecule has 0 fully saturated rings. The number of hydrogen-bond donors (Lipinski definition) is 1. The lowest BCUT2D eigenvalue weighted by molar-refractivity contribution is -0.130. The number of hydrogen-bond acceptors (Lipinski definition) is 5. The van der Waals surface area contributed by atoms with Crippen molar-refractivity contribution in [2.24, 2.45) is 5.92 Å². The van der Waals surface area contributed by atoms with Gasteiger partial charge in [0.2, 0.25) is 0 Å². The first kappa shape index (κ1) is 17.8. The maximum atomic E-state index is 12.8. The number of ketones is 1. The summed E-state index contributed by atoms with van der Waals surface area (Å²) in [6.07, 6.45) is 6.82. The second-order valence-corrected chi connectivity index (χ2v) is 6.76. The van der Waals surface area contributed by atoms with Crippen molar-refractivity contribution in [1.82, 2.24) is 14.9 Å². The molecule has 0 bridgehead atoms. The van der Waals surface area contributed by atoms with Gasteiger partial charge in [0.25, 0.3) is 5.91 Å². The first-order valence-corrected chi connectivity index (χ1v) is 8.55. The van der Waals surface area contributed by atoms with E-state index in [0.29, 0.717) is 5.56 Å². The Bertz CT molecular complexity index is 832. The average molecular weight is 351 g/mol. The van der Waals surface area contributed by atoms with Gasteiger partial charge in [0.15, 0.2) is 11.5 Å². The van der Waals surface area contributed by atoms with Crippen LogP contribution >= 0.6 is 0 Å². The summed E-state index contributed by atoms with van der Waals surface area (Å²) in [6, 6.07) is 6.53. The molecule has 0 aromatic carbocycles. The third-order valence-corrected chi connectivity index (χ3v) is 4.30. The molecule has 26 heavy (non-hydrogen) atoms. The molecule has 1 N–H and O–H groups in total. The Kier molecular flexibility index (Phi) is 5.11. The van der Waals surface area contributed by atoms with Gasteiger partial charge < -0.3 is 10.0 Å². The van der Waals surface area contributed by atoms with Crippen molar-refractivity contribution < 1.29 is 14.7 Å². The standard InChI is InChI=1S/C20H21N3O3/c1-13(2)10-16(24)17-18(15-4-3-7-22-11-15)23(20(26)19(17)25)12-14-5-8-21-9-6-14/h3-9,11,13,18,25H,10,12H2,1-2H3. The maximum Gasteiger partial charge on any atom is 0.290 e. The summed E-state index contributed by atoms with van der Waals surface area (Å²) < 4.78 is 0. The van der Waals surface area contributed by atoms with Crippen LogP contribution in [-0.4, -0.2) is 31.7 Å². The topological polar surface area (TPSA) is 83.4 Å². The Labute approximate surface area is 152 Å². The largest absolute Gasteiger partial charge is 0.503 e. The molecule has 1 amide bonds. The van der Waals surface area contributed by atoms with Crippen molar-refractivity contribution in [2.45, 2.75) is 32.9 Å². The summed E-state index contributed by atoms with van der Waals surface area (Å²) in [6.45, 7) is 4.13. The molecule has 2 aromatic heterocycles. The van der Waals surface area contributed by atoms with Crippen molar-refractivity contribution in [3.8, 4) is 0 Å². The minimum atomic E-state index is -0.643. The van der Waals surface area contributed by atoms with Crippen LogP contribution < -0.4 is 0 Å². The highest BCUT2D eigenvalue weighted by atomic mass is 16.3. The molecule has 1 aliphatic heterocycles. The number of nitrogens with zero attached hydrogens (tertiary/aromatic N) is 3. The van der Waals surface area contributed by atoms with E-state index in [1.54, 1.807) is 43.0 Å². The molecule has 0 aliphatic carbocycles. The zero-order chi connectivity index (χ0) is 18.7. The zero-order valence-corrected chi connectivity index (χ0v) is 14.8. The number of pyridine rings is 2. The van der Waals surface area contributed by atoms with Gasteiger partial charge in [0.05, 0.1) is 11.6 Å². The third-order valence-electron chi connectivity index (χ3n) is 4.30. The Hall–Kier alpha value is -3.02. The Balaban J connectivity index is 2.02. The van der Waals surface area contributed by atoms with Crippen molar-refractivity contribution in [1.29, 1.82) is 0 Å². The van der Waals surface area contributed by atoms with E-state index in [-0.39, 0.29) is 30.2 Å². The minimum Gasteiger partial charge on any atom is -0.503 e. The summed E-state index contributed by atoms with van der Waals surface area (Å²) in [5.74, 6) is -1.08. The molecule has 2 aromatic rings. The fourth-order valence-electron chi connectivity index (χ4n) is 3.15. The molecule has 3 heterocycles. The third kappa shape index (κ3) is 3.49. The van der Waals surface area contributed by atoms with Crippen LogP contribution in [0.15, 0.2) is 60.4 Å². The molecule has 0 radical (unpaired) electrons. The number of aromatic nitrogens is 2. The van der Waals surface area contributed by atoms with Gasteiger partial charge in [-0.2, -0.15) is 0 Å². The molecule has 3 rings (SSSR count). The number of aliphatic hydroxyl groups is 1. The molecule has 1 aliphatic rings. The van der Waals surface area contributed by atoms with Crippen LogP contribution in [0.2, 0.25) is 0 Å². The fraction of sp³-hybridized carbons (Fsp3) is 0.300. The summed E-state index contributed by atoms with van der Waals surface area (Å²) in [7, 11) is 0. The van der Waals surface area contributed by atoms with E-state index in [2.05, 4.69) is 9.97 Å². The summed E-state index contributed by atoms with van der Waals surface area (Å²) >= 11 is 0. The number of aliphatic hydroxyl groups excluding tert-OH is 1. The highest BCUT2D eigenvalue weighted by Crippen LogP contribution is 2.39. The first-order valence-electron chi connectivity index (χ1n) is 8.55. The Morgan fingerprint density at radius 3 is 2.54 bits per heavy atom. The average Bonchev–Trinajstić information content (AvgIpc) is 2.88. The molecular formula is C20H21N3O3. The van der Waals surface area contributed by atoms with Gasteiger partial charge in [0.1, 0.15) is 0 Å². The van der Waals surface area contributed by atoms with Crippen LogP contribution in [0.1, 0.15) is 37.4 Å². The van der Waals surface area contributed by atoms with Crippen molar-refractivity contribution in [3.63, 3.8) is 0 Å². The molecule has 1 unspecified atom stereocenters. The number of carbonyl (C=O) groups is 2. The lowest BCUT2D eigenvalue weighted by Gasteiger charge is -2.26. The smallest absolute Gasteiger partial charge is 0.290 e. The number of Topliss-reactive ketones (excluding diaryl/α,β-unsaturated/α-hetero) is 1. The Morgan fingerprint density at radius 2 is 1.92 bits per heavy atom. The van der Waals surface area contributed by atoms with Crippen LogP contribution in [0.3, 0.4) is 0 Å². The summed E-state index contributed by atoms with van der Waals surface area (Å²) in [5.41, 5.74) is 1.73. The molecule has 6 heteroatoms. The molecule has 0 saturated carbocycles. The van der Waals surface area contributed by atoms with Gasteiger partial charge in [-0.25, -0.2) is 0 Å². The van der Waals surface area contributed by atoms with Crippen LogP contribution in [-0.2, 0) is 16.1 Å². The molecule has 0 saturated heterocycles. The van der Waals surface area contributed by atoms with Crippen LogP contribution in [0, 0.1) is 5.92 Å². The van der Waals surface area contributed by atoms with Crippen molar-refractivity contribution >= 4 is 11.7 Å². The normalized spacial score (nSPS) is 17.3. The van der Waals surface area contributed by atoms with E-state index < -0.39 is 17.7 Å². The summed E-state index contributed by atoms with van der Waals surface area (Å²) in [5, 5.41) is 10.5. The highest BCUT2D eigenvalue weighted by molar-refractivity contribution is 6.08. The molecule has 0 spiro atoms. The van der Waals surface area contributed by atoms with Crippen LogP contribution in [0.4, 0.5) is 0 Å². The number of rotatable bonds is 6. The molecule has 134 valence electrons. The lowest BCUT2D eigenvalue weighted by Crippen LogP contribution is -2.30. The number of amides is 1. The van der Waals surface area contributed by atoms with E-state index in [1.165, 1.54) is 4.90 Å². The quantitative estimate of drug-likeness (QED) is 0.865. The van der Waals surface area contributed by atoms with Crippen molar-refractivity contribution in [2.75, 3.05) is 0 Å². The summed E-state index contributed by atoms with van der Waals surface area (Å²) in [4.78, 5) is 35.1. The minimum absolute atomic E-state index is 0.127. The zero-order valence-electron chi connectivity index (χ0n) is 14.8. The number of carbonyl (C=O) groups excluding carboxylic acids is 2. The second kappa shape index (κ2) is 7.47. The van der Waals surface area contributed by atoms with E-state index in [0.717, 1.165) is 5.56 Å². The second-order valence-electron chi connectivity index (χ2n) is 6.76. The SMILES string of the molecule is CC(C)CC(=O)C1=C(O)C(=O)N(Cc2ccncc2)C1c1cccnc1. The predicted octanol–water partition coefficient (Wildman–Crippen LogP) is 2.99. The van der Waals surface area contributed by atoms with E-state index >= 15 is 0 Å². The van der Waals surface area contributed by atoms with Crippen LogP contribution in [0.25, 0.3) is 0 Å². The molecular weight excluding hydrogens is 330 g/mol. The van der Waals surface area contributed by atoms with Gasteiger partial charge in [-0.1, -0.05) is 19.9 Å². The van der Waals surface area contributed by atoms with Gasteiger partial charge in [-0.05, 0) is 35.2 Å². The van der Waals surface area contributed by atoms with E-state index in [9.17, 15) is 14.7 Å². The predicted molar refractivity (Wildman–Crippen MR) is 95.9 cm³/mol. The monoisotopic (exact) mass is 351 g/mol. The van der Waals surface area contributed by atoms with Gasteiger partial charge >= 0.3 is 0 Å². The highest BCUT2D eigenvalue weighted by Gasteiger charge is 2.43. The molecule has 6 nitrogen and oxygen atoms in total. The maximum absolute atomic E-state index is 12.8. The first-order chi connectivity index (χ1) is 12.5. The lowest BCUT2D eigenvalue weighted by atomic mass is 9.93. The fourth-order valence-corrected chi connectivity index (χ4v) is 3.15. The van der Waals surface area contributed by atoms with E-state index in [4.69, 9.17) is 0 Å². The van der Waals surface area contributed by atoms with E-state index in [1.807, 2.05) is 19.9 Å². The van der Waals surface area contributed by atoms with Gasteiger partial charge in [0, 0.05) is 37.8 Å². The van der Waals surface area contributed by atoms with Gasteiger partial charge in [-0.3, -0.25) is 19.6 Å². The van der Waals surface area contributed by atoms with Crippen molar-refractivity contribution in [3.05, 3.63) is 71.5 Å². The van der Waals surface area contributed by atoms with Gasteiger partial charge in [-0.15, -0.1) is 0 Å².